The SMILES string of the molecule is CCOc1ccc(NC(C)Cc2ccc(O)cc2)cn1. The molecular formula is C16H20N2O2. The summed E-state index contributed by atoms with van der Waals surface area (Å²) in [5.41, 5.74) is 2.15. The Morgan fingerprint density at radius 1 is 1.20 bits per heavy atom. The zero-order valence-corrected chi connectivity index (χ0v) is 11.8. The molecule has 1 atom stereocenters. The summed E-state index contributed by atoms with van der Waals surface area (Å²) >= 11 is 0. The van der Waals surface area contributed by atoms with Gasteiger partial charge in [-0.3, -0.25) is 0 Å². The van der Waals surface area contributed by atoms with Crippen LogP contribution in [0.1, 0.15) is 19.4 Å². The Bertz CT molecular complexity index is 523. The number of rotatable bonds is 6. The van der Waals surface area contributed by atoms with Crippen molar-refractivity contribution in [2.75, 3.05) is 11.9 Å². The molecule has 2 rings (SSSR count). The maximum atomic E-state index is 9.26. The van der Waals surface area contributed by atoms with Gasteiger partial charge in [-0.1, -0.05) is 12.1 Å². The van der Waals surface area contributed by atoms with Crippen molar-refractivity contribution in [2.45, 2.75) is 26.3 Å². The molecule has 4 nitrogen and oxygen atoms in total. The minimum absolute atomic E-state index is 0.277. The van der Waals surface area contributed by atoms with E-state index in [-0.39, 0.29) is 6.04 Å². The number of pyridine rings is 1. The molecule has 4 heteroatoms. The topological polar surface area (TPSA) is 54.4 Å². The number of anilines is 1. The number of nitrogens with zero attached hydrogens (tertiary/aromatic N) is 1. The van der Waals surface area contributed by atoms with E-state index >= 15 is 0 Å². The van der Waals surface area contributed by atoms with E-state index in [4.69, 9.17) is 4.74 Å². The molecule has 2 aromatic rings. The van der Waals surface area contributed by atoms with Crippen LogP contribution in [-0.2, 0) is 6.42 Å². The smallest absolute Gasteiger partial charge is 0.213 e. The van der Waals surface area contributed by atoms with E-state index in [9.17, 15) is 5.11 Å². The molecule has 0 aliphatic carbocycles. The minimum atomic E-state index is 0.277. The number of hydrogen-bond acceptors (Lipinski definition) is 4. The van der Waals surface area contributed by atoms with Crippen molar-refractivity contribution < 1.29 is 9.84 Å². The molecule has 2 N–H and O–H groups in total. The summed E-state index contributed by atoms with van der Waals surface area (Å²) in [6, 6.07) is 11.4. The molecule has 0 spiro atoms. The van der Waals surface area contributed by atoms with Gasteiger partial charge in [-0.2, -0.15) is 0 Å². The van der Waals surface area contributed by atoms with E-state index in [2.05, 4.69) is 17.2 Å². The maximum absolute atomic E-state index is 9.26. The molecule has 0 bridgehead atoms. The highest BCUT2D eigenvalue weighted by Gasteiger charge is 2.04. The highest BCUT2D eigenvalue weighted by atomic mass is 16.5. The quantitative estimate of drug-likeness (QED) is 0.847. The summed E-state index contributed by atoms with van der Waals surface area (Å²) in [6.07, 6.45) is 2.66. The molecule has 1 aromatic heterocycles. The molecule has 0 saturated carbocycles. The van der Waals surface area contributed by atoms with Crippen LogP contribution in [0.5, 0.6) is 11.6 Å². The van der Waals surface area contributed by atoms with Crippen LogP contribution in [0.15, 0.2) is 42.6 Å². The van der Waals surface area contributed by atoms with Crippen LogP contribution >= 0.6 is 0 Å². The van der Waals surface area contributed by atoms with Crippen molar-refractivity contribution in [2.24, 2.45) is 0 Å². The van der Waals surface area contributed by atoms with Crippen molar-refractivity contribution in [1.29, 1.82) is 0 Å². The molecule has 0 aliphatic rings. The normalized spacial score (nSPS) is 11.9. The van der Waals surface area contributed by atoms with Gasteiger partial charge in [0.1, 0.15) is 5.75 Å². The van der Waals surface area contributed by atoms with Gasteiger partial charge in [-0.25, -0.2) is 4.98 Å². The van der Waals surface area contributed by atoms with Gasteiger partial charge < -0.3 is 15.2 Å². The highest BCUT2D eigenvalue weighted by Crippen LogP contribution is 2.15. The van der Waals surface area contributed by atoms with E-state index < -0.39 is 0 Å². The Kier molecular flexibility index (Phi) is 4.82. The molecule has 1 unspecified atom stereocenters. The first-order chi connectivity index (χ1) is 9.67. The van der Waals surface area contributed by atoms with Gasteiger partial charge >= 0.3 is 0 Å². The molecule has 1 aromatic carbocycles. The predicted octanol–water partition coefficient (Wildman–Crippen LogP) is 3.23. The second-order valence-electron chi connectivity index (χ2n) is 4.73. The third-order valence-corrected chi connectivity index (χ3v) is 2.92. The summed E-state index contributed by atoms with van der Waals surface area (Å²) in [5.74, 6) is 0.939. The Morgan fingerprint density at radius 3 is 2.55 bits per heavy atom. The van der Waals surface area contributed by atoms with Crippen molar-refractivity contribution in [3.8, 4) is 11.6 Å². The first kappa shape index (κ1) is 14.2. The number of phenolic OH excluding ortho intramolecular Hbond substituents is 1. The third-order valence-electron chi connectivity index (χ3n) is 2.92. The Balaban J connectivity index is 1.90. The van der Waals surface area contributed by atoms with Crippen LogP contribution in [0.3, 0.4) is 0 Å². The third kappa shape index (κ3) is 4.16. The molecule has 0 aliphatic heterocycles. The monoisotopic (exact) mass is 272 g/mol. The lowest BCUT2D eigenvalue weighted by atomic mass is 10.1. The number of phenols is 1. The fraction of sp³-hybridized carbons (Fsp3) is 0.312. The number of aromatic hydroxyl groups is 1. The first-order valence-electron chi connectivity index (χ1n) is 6.80. The molecule has 0 amide bonds. The van der Waals surface area contributed by atoms with Crippen LogP contribution in [0.25, 0.3) is 0 Å². The number of nitrogens with one attached hydrogen (secondary N) is 1. The standard InChI is InChI=1S/C16H20N2O2/c1-3-20-16-9-6-14(11-17-16)18-12(2)10-13-4-7-15(19)8-5-13/h4-9,11-12,18-19H,3,10H2,1-2H3. The number of benzene rings is 1. The van der Waals surface area contributed by atoms with Gasteiger partial charge in [0, 0.05) is 12.1 Å². The summed E-state index contributed by atoms with van der Waals surface area (Å²) < 4.78 is 5.31. The van der Waals surface area contributed by atoms with Crippen LogP contribution in [-0.4, -0.2) is 22.7 Å². The highest BCUT2D eigenvalue weighted by molar-refractivity contribution is 5.43. The Morgan fingerprint density at radius 2 is 1.95 bits per heavy atom. The van der Waals surface area contributed by atoms with Crippen LogP contribution in [0.4, 0.5) is 5.69 Å². The van der Waals surface area contributed by atoms with Crippen LogP contribution in [0.2, 0.25) is 0 Å². The van der Waals surface area contributed by atoms with Gasteiger partial charge in [0.25, 0.3) is 0 Å². The fourth-order valence-electron chi connectivity index (χ4n) is 2.02. The average molecular weight is 272 g/mol. The van der Waals surface area contributed by atoms with Gasteiger partial charge in [0.05, 0.1) is 18.5 Å². The predicted molar refractivity (Wildman–Crippen MR) is 80.3 cm³/mol. The Hall–Kier alpha value is -2.23. The van der Waals surface area contributed by atoms with Crippen molar-refractivity contribution in [3.05, 3.63) is 48.2 Å². The van der Waals surface area contributed by atoms with E-state index in [1.807, 2.05) is 31.2 Å². The van der Waals surface area contributed by atoms with E-state index in [1.165, 1.54) is 5.56 Å². The number of aromatic nitrogens is 1. The molecule has 1 heterocycles. The second kappa shape index (κ2) is 6.80. The molecule has 0 fully saturated rings. The summed E-state index contributed by atoms with van der Waals surface area (Å²) in [6.45, 7) is 4.67. The van der Waals surface area contributed by atoms with E-state index in [1.54, 1.807) is 18.3 Å². The van der Waals surface area contributed by atoms with Gasteiger partial charge in [0.2, 0.25) is 5.88 Å². The summed E-state index contributed by atoms with van der Waals surface area (Å²) in [7, 11) is 0. The van der Waals surface area contributed by atoms with Gasteiger partial charge in [0.15, 0.2) is 0 Å². The maximum Gasteiger partial charge on any atom is 0.213 e. The van der Waals surface area contributed by atoms with Gasteiger partial charge in [-0.05, 0) is 44.0 Å². The molecular weight excluding hydrogens is 252 g/mol. The minimum Gasteiger partial charge on any atom is -0.508 e. The van der Waals surface area contributed by atoms with Crippen LogP contribution < -0.4 is 10.1 Å². The largest absolute Gasteiger partial charge is 0.508 e. The lowest BCUT2D eigenvalue weighted by Crippen LogP contribution is -2.18. The lowest BCUT2D eigenvalue weighted by molar-refractivity contribution is 0.327. The zero-order chi connectivity index (χ0) is 14.4. The fourth-order valence-corrected chi connectivity index (χ4v) is 2.02. The number of ether oxygens (including phenoxy) is 1. The Labute approximate surface area is 119 Å². The van der Waals surface area contributed by atoms with E-state index in [0.29, 0.717) is 18.2 Å². The van der Waals surface area contributed by atoms with Crippen LogP contribution in [0, 0.1) is 0 Å². The molecule has 106 valence electrons. The second-order valence-corrected chi connectivity index (χ2v) is 4.73. The summed E-state index contributed by atoms with van der Waals surface area (Å²) in [4.78, 5) is 4.22. The first-order valence-corrected chi connectivity index (χ1v) is 6.80. The van der Waals surface area contributed by atoms with Crippen molar-refractivity contribution in [3.63, 3.8) is 0 Å². The zero-order valence-electron chi connectivity index (χ0n) is 11.8. The van der Waals surface area contributed by atoms with Crippen molar-refractivity contribution >= 4 is 5.69 Å². The molecule has 0 radical (unpaired) electrons. The van der Waals surface area contributed by atoms with Crippen molar-refractivity contribution in [1.82, 2.24) is 4.98 Å². The lowest BCUT2D eigenvalue weighted by Gasteiger charge is -2.15. The molecule has 0 saturated heterocycles. The van der Waals surface area contributed by atoms with Gasteiger partial charge in [-0.15, -0.1) is 0 Å². The average Bonchev–Trinajstić information content (AvgIpc) is 2.44. The summed E-state index contributed by atoms with van der Waals surface area (Å²) in [5, 5.41) is 12.7. The van der Waals surface area contributed by atoms with E-state index in [0.717, 1.165) is 12.1 Å². The molecule has 20 heavy (non-hydrogen) atoms. The number of hydrogen-bond donors (Lipinski definition) is 2.